The van der Waals surface area contributed by atoms with E-state index in [4.69, 9.17) is 16.3 Å². The fourth-order valence-corrected chi connectivity index (χ4v) is 3.03. The van der Waals surface area contributed by atoms with Crippen LogP contribution in [-0.4, -0.2) is 4.98 Å². The molecule has 0 aliphatic heterocycles. The van der Waals surface area contributed by atoms with Gasteiger partial charge < -0.3 is 9.72 Å². The van der Waals surface area contributed by atoms with Crippen LogP contribution in [0.3, 0.4) is 0 Å². The zero-order valence-corrected chi connectivity index (χ0v) is 13.8. The van der Waals surface area contributed by atoms with Gasteiger partial charge in [0.25, 0.3) is 0 Å². The fraction of sp³-hybridized carbons (Fsp3) is 0.0476. The van der Waals surface area contributed by atoms with Crippen LogP contribution in [0.1, 0.15) is 11.1 Å². The second-order valence-corrected chi connectivity index (χ2v) is 6.18. The molecule has 0 spiro atoms. The molecule has 0 saturated heterocycles. The molecule has 4 rings (SSSR count). The van der Waals surface area contributed by atoms with E-state index in [1.165, 1.54) is 11.1 Å². The molecule has 3 heteroatoms. The van der Waals surface area contributed by atoms with Crippen molar-refractivity contribution in [3.05, 3.63) is 95.1 Å². The van der Waals surface area contributed by atoms with Gasteiger partial charge in [-0.2, -0.15) is 0 Å². The van der Waals surface area contributed by atoms with Gasteiger partial charge in [-0.1, -0.05) is 41.9 Å². The van der Waals surface area contributed by atoms with Crippen molar-refractivity contribution >= 4 is 22.5 Å². The normalized spacial score (nSPS) is 10.9. The second kappa shape index (κ2) is 6.42. The minimum atomic E-state index is 0.754. The number of para-hydroxylation sites is 1. The summed E-state index contributed by atoms with van der Waals surface area (Å²) in [6.07, 6.45) is 2.87. The number of H-pyrrole nitrogens is 1. The van der Waals surface area contributed by atoms with Gasteiger partial charge in [0.2, 0.25) is 0 Å². The Labute approximate surface area is 145 Å². The molecular weight excluding hydrogens is 318 g/mol. The van der Waals surface area contributed by atoms with Gasteiger partial charge in [-0.25, -0.2) is 0 Å². The van der Waals surface area contributed by atoms with Crippen molar-refractivity contribution in [3.63, 3.8) is 0 Å². The molecule has 0 bridgehead atoms. The molecule has 0 atom stereocenters. The van der Waals surface area contributed by atoms with Crippen molar-refractivity contribution < 1.29 is 4.74 Å². The molecule has 0 aliphatic rings. The Kier molecular flexibility index (Phi) is 3.97. The van der Waals surface area contributed by atoms with E-state index < -0.39 is 0 Å². The van der Waals surface area contributed by atoms with Gasteiger partial charge in [0.1, 0.15) is 11.5 Å². The highest BCUT2D eigenvalue weighted by Gasteiger charge is 2.06. The van der Waals surface area contributed by atoms with Crippen molar-refractivity contribution in [2.24, 2.45) is 0 Å². The summed E-state index contributed by atoms with van der Waals surface area (Å²) in [7, 11) is 0. The molecule has 0 amide bonds. The Bertz CT molecular complexity index is 975. The van der Waals surface area contributed by atoms with Gasteiger partial charge in [0.05, 0.1) is 0 Å². The molecule has 2 nitrogen and oxygen atoms in total. The van der Waals surface area contributed by atoms with Crippen LogP contribution in [0.4, 0.5) is 0 Å². The first kappa shape index (κ1) is 14.9. The van der Waals surface area contributed by atoms with Gasteiger partial charge >= 0.3 is 0 Å². The average Bonchev–Trinajstić information content (AvgIpc) is 2.98. The second-order valence-electron chi connectivity index (χ2n) is 5.74. The van der Waals surface area contributed by atoms with E-state index in [0.29, 0.717) is 0 Å². The number of rotatable bonds is 4. The summed E-state index contributed by atoms with van der Waals surface area (Å²) in [5.41, 5.74) is 3.53. The highest BCUT2D eigenvalue weighted by Crippen LogP contribution is 2.27. The molecule has 1 N–H and O–H groups in total. The molecular formula is C21H16ClNO. The van der Waals surface area contributed by atoms with Crippen molar-refractivity contribution in [3.8, 4) is 11.5 Å². The van der Waals surface area contributed by atoms with Gasteiger partial charge in [-0.05, 0) is 60.0 Å². The van der Waals surface area contributed by atoms with Crippen LogP contribution in [0.2, 0.25) is 5.02 Å². The van der Waals surface area contributed by atoms with Crippen molar-refractivity contribution in [1.82, 2.24) is 4.98 Å². The predicted molar refractivity (Wildman–Crippen MR) is 99.1 cm³/mol. The van der Waals surface area contributed by atoms with Crippen molar-refractivity contribution in [2.45, 2.75) is 6.42 Å². The first-order valence-corrected chi connectivity index (χ1v) is 8.23. The van der Waals surface area contributed by atoms with Gasteiger partial charge in [0.15, 0.2) is 0 Å². The van der Waals surface area contributed by atoms with E-state index in [2.05, 4.69) is 17.1 Å². The molecule has 1 heterocycles. The maximum Gasteiger partial charge on any atom is 0.127 e. The van der Waals surface area contributed by atoms with Gasteiger partial charge in [-0.3, -0.25) is 0 Å². The smallest absolute Gasteiger partial charge is 0.127 e. The third-order valence-corrected chi connectivity index (χ3v) is 4.24. The molecule has 24 heavy (non-hydrogen) atoms. The molecule has 0 unspecified atom stereocenters. The highest BCUT2D eigenvalue weighted by atomic mass is 35.5. The lowest BCUT2D eigenvalue weighted by Crippen LogP contribution is -1.89. The number of halogens is 1. The molecule has 0 radical (unpaired) electrons. The lowest BCUT2D eigenvalue weighted by molar-refractivity contribution is 0.482. The van der Waals surface area contributed by atoms with Crippen LogP contribution in [0.15, 0.2) is 79.0 Å². The van der Waals surface area contributed by atoms with Gasteiger partial charge in [0, 0.05) is 22.1 Å². The lowest BCUT2D eigenvalue weighted by atomic mass is 10.0. The number of aromatic nitrogens is 1. The minimum Gasteiger partial charge on any atom is -0.457 e. The Morgan fingerprint density at radius 1 is 0.833 bits per heavy atom. The molecule has 1 aromatic heterocycles. The number of nitrogens with one attached hydrogen (secondary N) is 1. The van der Waals surface area contributed by atoms with Gasteiger partial charge in [-0.15, -0.1) is 0 Å². The number of ether oxygens (including phenoxy) is 1. The Morgan fingerprint density at radius 2 is 1.67 bits per heavy atom. The largest absolute Gasteiger partial charge is 0.457 e. The standard InChI is InChI=1S/C21H16ClNO/c22-17-9-10-21-20(13-17)16(14-23-21)11-15-5-4-8-19(12-15)24-18-6-2-1-3-7-18/h1-10,12-14,23H,11H2. The summed E-state index contributed by atoms with van der Waals surface area (Å²) in [4.78, 5) is 3.30. The van der Waals surface area contributed by atoms with E-state index in [-0.39, 0.29) is 0 Å². The summed E-state index contributed by atoms with van der Waals surface area (Å²) >= 11 is 6.13. The topological polar surface area (TPSA) is 25.0 Å². The first-order chi connectivity index (χ1) is 11.8. The molecule has 0 saturated carbocycles. The maximum atomic E-state index is 6.13. The zero-order chi connectivity index (χ0) is 16.4. The average molecular weight is 334 g/mol. The summed E-state index contributed by atoms with van der Waals surface area (Å²) in [6, 6.07) is 23.9. The van der Waals surface area contributed by atoms with E-state index >= 15 is 0 Å². The van der Waals surface area contributed by atoms with Crippen LogP contribution in [0.5, 0.6) is 11.5 Å². The van der Waals surface area contributed by atoms with Crippen LogP contribution < -0.4 is 4.74 Å². The van der Waals surface area contributed by atoms with Crippen LogP contribution in [0.25, 0.3) is 10.9 Å². The Balaban J connectivity index is 1.60. The lowest BCUT2D eigenvalue weighted by Gasteiger charge is -2.07. The third kappa shape index (κ3) is 3.15. The fourth-order valence-electron chi connectivity index (χ4n) is 2.86. The van der Waals surface area contributed by atoms with E-state index in [1.807, 2.05) is 66.9 Å². The molecule has 0 fully saturated rings. The summed E-state index contributed by atoms with van der Waals surface area (Å²) in [5, 5.41) is 1.92. The molecule has 118 valence electrons. The molecule has 0 aliphatic carbocycles. The summed E-state index contributed by atoms with van der Waals surface area (Å²) in [5.74, 6) is 1.69. The SMILES string of the molecule is Clc1ccc2[nH]cc(Cc3cccc(Oc4ccccc4)c3)c2c1. The molecule has 3 aromatic carbocycles. The summed E-state index contributed by atoms with van der Waals surface area (Å²) in [6.45, 7) is 0. The maximum absolute atomic E-state index is 6.13. The summed E-state index contributed by atoms with van der Waals surface area (Å²) < 4.78 is 5.92. The monoisotopic (exact) mass is 333 g/mol. The Hall–Kier alpha value is -2.71. The Morgan fingerprint density at radius 3 is 2.54 bits per heavy atom. The van der Waals surface area contributed by atoms with Crippen LogP contribution in [-0.2, 0) is 6.42 Å². The number of aromatic amines is 1. The van der Waals surface area contributed by atoms with Crippen LogP contribution >= 0.6 is 11.6 Å². The van der Waals surface area contributed by atoms with E-state index in [9.17, 15) is 0 Å². The number of hydrogen-bond acceptors (Lipinski definition) is 1. The quantitative estimate of drug-likeness (QED) is 0.472. The van der Waals surface area contributed by atoms with E-state index in [1.54, 1.807) is 0 Å². The number of fused-ring (bicyclic) bond motifs is 1. The first-order valence-electron chi connectivity index (χ1n) is 7.85. The van der Waals surface area contributed by atoms with Crippen molar-refractivity contribution in [2.75, 3.05) is 0 Å². The number of benzene rings is 3. The van der Waals surface area contributed by atoms with E-state index in [0.717, 1.165) is 33.8 Å². The predicted octanol–water partition coefficient (Wildman–Crippen LogP) is 6.20. The highest BCUT2D eigenvalue weighted by molar-refractivity contribution is 6.31. The number of hydrogen-bond donors (Lipinski definition) is 1. The zero-order valence-electron chi connectivity index (χ0n) is 13.0. The third-order valence-electron chi connectivity index (χ3n) is 4.00. The minimum absolute atomic E-state index is 0.754. The van der Waals surface area contributed by atoms with Crippen molar-refractivity contribution in [1.29, 1.82) is 0 Å². The molecule has 4 aromatic rings. The van der Waals surface area contributed by atoms with Crippen LogP contribution in [0, 0.1) is 0 Å².